The molecule has 194 valence electrons. The molecule has 0 saturated carbocycles. The molecule has 0 radical (unpaired) electrons. The zero-order valence-electron chi connectivity index (χ0n) is 19.0. The summed E-state index contributed by atoms with van der Waals surface area (Å²) in [5, 5.41) is 10.6. The Kier molecular flexibility index (Phi) is 7.81. The predicted molar refractivity (Wildman–Crippen MR) is 123 cm³/mol. The Hall–Kier alpha value is -4.46. The number of benzene rings is 2. The van der Waals surface area contributed by atoms with Gasteiger partial charge in [-0.05, 0) is 24.3 Å². The minimum atomic E-state index is -5.84. The van der Waals surface area contributed by atoms with Crippen molar-refractivity contribution in [2.45, 2.75) is 5.51 Å². The normalized spacial score (nSPS) is 11.4. The summed E-state index contributed by atoms with van der Waals surface area (Å²) < 4.78 is 72.3. The number of alkyl halides is 3. The summed E-state index contributed by atoms with van der Waals surface area (Å²) in [4.78, 5) is 30.4. The molecule has 0 aliphatic carbocycles. The van der Waals surface area contributed by atoms with Gasteiger partial charge in [0.15, 0.2) is 5.75 Å². The van der Waals surface area contributed by atoms with E-state index >= 15 is 0 Å². The lowest BCUT2D eigenvalue weighted by Crippen LogP contribution is -2.28. The van der Waals surface area contributed by atoms with Crippen LogP contribution in [0.3, 0.4) is 0 Å². The number of hydrogen-bond donors (Lipinski definition) is 1. The Morgan fingerprint density at radius 3 is 1.78 bits per heavy atom. The number of rotatable bonds is 4. The van der Waals surface area contributed by atoms with Crippen molar-refractivity contribution in [2.75, 3.05) is 14.2 Å². The van der Waals surface area contributed by atoms with Crippen molar-refractivity contribution in [3.8, 4) is 11.5 Å². The number of carbonyl (C=O) groups is 2. The molecule has 0 aliphatic rings. The van der Waals surface area contributed by atoms with E-state index < -0.39 is 33.3 Å². The van der Waals surface area contributed by atoms with Gasteiger partial charge in [-0.15, -0.1) is 0 Å². The first kappa shape index (κ1) is 27.1. The summed E-state index contributed by atoms with van der Waals surface area (Å²) >= 11 is 0. The number of esters is 2. The van der Waals surface area contributed by atoms with Gasteiger partial charge in [0.05, 0.1) is 14.2 Å². The van der Waals surface area contributed by atoms with Crippen LogP contribution in [0.1, 0.15) is 21.0 Å². The molecule has 0 amide bonds. The molecule has 10 nitrogen and oxygen atoms in total. The Labute approximate surface area is 207 Å². The van der Waals surface area contributed by atoms with E-state index in [0.29, 0.717) is 10.9 Å². The monoisotopic (exact) mass is 538 g/mol. The molecule has 1 N–H and O–H groups in total. The lowest BCUT2D eigenvalue weighted by atomic mass is 10.2. The fraction of sp³-hybridized carbons (Fsp3) is 0.130. The van der Waals surface area contributed by atoms with Gasteiger partial charge in [0, 0.05) is 10.8 Å². The number of pyridine rings is 2. The van der Waals surface area contributed by atoms with Gasteiger partial charge in [-0.1, -0.05) is 36.4 Å². The average Bonchev–Trinajstić information content (AvgIpc) is 2.87. The van der Waals surface area contributed by atoms with E-state index in [1.54, 1.807) is 18.2 Å². The van der Waals surface area contributed by atoms with Crippen LogP contribution in [0.2, 0.25) is 0 Å². The summed E-state index contributed by atoms with van der Waals surface area (Å²) in [6.45, 7) is 0. The minimum absolute atomic E-state index is 0.0539. The fourth-order valence-corrected chi connectivity index (χ4v) is 3.39. The summed E-state index contributed by atoms with van der Waals surface area (Å²) in [6, 6.07) is 14.8. The highest BCUT2D eigenvalue weighted by Gasteiger charge is 2.48. The molecule has 0 unspecified atom stereocenters. The molecule has 0 saturated heterocycles. The molecule has 0 bridgehead atoms. The number of phenolic OH excluding ortho intramolecular Hbond substituents is 1. The van der Waals surface area contributed by atoms with E-state index in [-0.39, 0.29) is 22.7 Å². The largest absolute Gasteiger partial charge is 0.534 e. The molecule has 0 spiro atoms. The summed E-state index contributed by atoms with van der Waals surface area (Å²) in [7, 11) is -3.44. The van der Waals surface area contributed by atoms with Crippen molar-refractivity contribution in [3.05, 3.63) is 72.1 Å². The third-order valence-electron chi connectivity index (χ3n) is 4.65. The molecular weight excluding hydrogens is 521 g/mol. The molecular formula is C23H17F3N2O8S. The van der Waals surface area contributed by atoms with Gasteiger partial charge >= 0.3 is 27.6 Å². The number of aromatic nitrogens is 2. The predicted octanol–water partition coefficient (Wildman–Crippen LogP) is 3.98. The van der Waals surface area contributed by atoms with Crippen molar-refractivity contribution >= 4 is 43.9 Å². The van der Waals surface area contributed by atoms with E-state index in [9.17, 15) is 36.3 Å². The van der Waals surface area contributed by atoms with Crippen LogP contribution in [-0.2, 0) is 19.6 Å². The summed E-state index contributed by atoms with van der Waals surface area (Å²) in [5.74, 6) is -1.92. The van der Waals surface area contributed by atoms with E-state index in [1.807, 2.05) is 6.07 Å². The highest BCUT2D eigenvalue weighted by Crippen LogP contribution is 2.31. The second-order valence-electron chi connectivity index (χ2n) is 7.04. The van der Waals surface area contributed by atoms with Crippen LogP contribution in [-0.4, -0.2) is 55.2 Å². The number of ether oxygens (including phenoxy) is 2. The molecule has 2 aromatic heterocycles. The zero-order valence-corrected chi connectivity index (χ0v) is 19.8. The second-order valence-corrected chi connectivity index (χ2v) is 8.57. The van der Waals surface area contributed by atoms with Crippen LogP contribution >= 0.6 is 0 Å². The van der Waals surface area contributed by atoms with Gasteiger partial charge in [0.1, 0.15) is 28.2 Å². The van der Waals surface area contributed by atoms with Crippen molar-refractivity contribution in [3.63, 3.8) is 0 Å². The van der Waals surface area contributed by atoms with Crippen LogP contribution in [0.4, 0.5) is 13.2 Å². The molecule has 2 heterocycles. The Balaban J connectivity index is 0.000000220. The molecule has 14 heteroatoms. The van der Waals surface area contributed by atoms with Crippen LogP contribution in [0.5, 0.6) is 11.5 Å². The number of carbonyl (C=O) groups excluding carboxylic acids is 2. The number of hydrogen-bond acceptors (Lipinski definition) is 10. The first-order valence-electron chi connectivity index (χ1n) is 10.0. The van der Waals surface area contributed by atoms with Crippen molar-refractivity contribution < 1.29 is 49.9 Å². The number of phenols is 1. The molecule has 4 rings (SSSR count). The maximum absolute atomic E-state index is 12.4. The van der Waals surface area contributed by atoms with Gasteiger partial charge < -0.3 is 18.8 Å². The van der Waals surface area contributed by atoms with Crippen molar-refractivity contribution in [1.29, 1.82) is 0 Å². The maximum Gasteiger partial charge on any atom is 0.534 e. The number of aromatic hydroxyl groups is 1. The quantitative estimate of drug-likeness (QED) is 0.230. The number of fused-ring (bicyclic) bond motifs is 2. The van der Waals surface area contributed by atoms with Crippen LogP contribution in [0.25, 0.3) is 21.8 Å². The van der Waals surface area contributed by atoms with Gasteiger partial charge in [-0.25, -0.2) is 19.6 Å². The number of para-hydroxylation sites is 2. The Morgan fingerprint density at radius 1 is 0.784 bits per heavy atom. The minimum Gasteiger partial charge on any atom is -0.506 e. The van der Waals surface area contributed by atoms with Crippen LogP contribution in [0, 0.1) is 0 Å². The van der Waals surface area contributed by atoms with Gasteiger partial charge in [0.2, 0.25) is 0 Å². The lowest BCUT2D eigenvalue weighted by Gasteiger charge is -2.11. The fourth-order valence-electron chi connectivity index (χ4n) is 2.92. The standard InChI is InChI=1S/C12H8F3NO5S.C11H9NO3/c1-20-11(17)8-6-5-7-3-2-4-9(10(7)16-8)21-22(18,19)12(13,14)15;1-15-11(14)8-6-5-7-3-2-4-9(13)10(7)12-8/h2-6H,1H3;2-6,13H,1H3. The molecule has 0 aliphatic heterocycles. The van der Waals surface area contributed by atoms with Gasteiger partial charge in [0.25, 0.3) is 0 Å². The third-order valence-corrected chi connectivity index (χ3v) is 5.62. The molecule has 37 heavy (non-hydrogen) atoms. The number of methoxy groups -OCH3 is 2. The number of nitrogens with zero attached hydrogens (tertiary/aromatic N) is 2. The zero-order chi connectivity index (χ0) is 27.4. The molecule has 4 aromatic rings. The van der Waals surface area contributed by atoms with Gasteiger partial charge in [-0.3, -0.25) is 0 Å². The molecule has 2 aromatic carbocycles. The lowest BCUT2D eigenvalue weighted by molar-refractivity contribution is -0.0499. The first-order chi connectivity index (χ1) is 17.4. The van der Waals surface area contributed by atoms with Crippen molar-refractivity contribution in [1.82, 2.24) is 9.97 Å². The first-order valence-corrected chi connectivity index (χ1v) is 11.4. The van der Waals surface area contributed by atoms with E-state index in [2.05, 4.69) is 23.6 Å². The second kappa shape index (κ2) is 10.7. The Morgan fingerprint density at radius 2 is 1.27 bits per heavy atom. The number of halogens is 3. The smallest absolute Gasteiger partial charge is 0.506 e. The maximum atomic E-state index is 12.4. The molecule has 0 atom stereocenters. The topological polar surface area (TPSA) is 142 Å². The third kappa shape index (κ3) is 6.03. The van der Waals surface area contributed by atoms with Gasteiger partial charge in [-0.2, -0.15) is 21.6 Å². The summed E-state index contributed by atoms with van der Waals surface area (Å²) in [6.07, 6.45) is 0. The van der Waals surface area contributed by atoms with Crippen LogP contribution in [0.15, 0.2) is 60.7 Å². The van der Waals surface area contributed by atoms with Crippen LogP contribution < -0.4 is 4.18 Å². The van der Waals surface area contributed by atoms with E-state index in [1.165, 1.54) is 37.4 Å². The van der Waals surface area contributed by atoms with E-state index in [0.717, 1.165) is 18.6 Å². The Bertz CT molecular complexity index is 1590. The van der Waals surface area contributed by atoms with Crippen molar-refractivity contribution in [2.24, 2.45) is 0 Å². The highest BCUT2D eigenvalue weighted by atomic mass is 32.2. The SMILES string of the molecule is COC(=O)c1ccc2cccc(O)c2n1.COC(=O)c1ccc2cccc(OS(=O)(=O)C(F)(F)F)c2n1. The highest BCUT2D eigenvalue weighted by molar-refractivity contribution is 7.88. The van der Waals surface area contributed by atoms with E-state index in [4.69, 9.17) is 0 Å². The molecule has 0 fully saturated rings. The summed E-state index contributed by atoms with van der Waals surface area (Å²) in [5.41, 5.74) is -5.39. The average molecular weight is 538 g/mol.